The molecule has 0 unspecified atom stereocenters. The number of hydrogen-bond donors (Lipinski definition) is 0. The maximum absolute atomic E-state index is 12.8. The van der Waals surface area contributed by atoms with Crippen molar-refractivity contribution in [3.8, 4) is 0 Å². The third-order valence-electron chi connectivity index (χ3n) is 6.80. The number of nitrogens with zero attached hydrogens (tertiary/aromatic N) is 3. The maximum Gasteiger partial charge on any atom is 0.226 e. The van der Waals surface area contributed by atoms with Crippen LogP contribution in [0.2, 0.25) is 0 Å². The Morgan fingerprint density at radius 2 is 1.86 bits per heavy atom. The van der Waals surface area contributed by atoms with Crippen molar-refractivity contribution in [1.29, 1.82) is 0 Å². The van der Waals surface area contributed by atoms with E-state index in [9.17, 15) is 4.79 Å². The van der Waals surface area contributed by atoms with E-state index in [1.54, 1.807) is 0 Å². The Morgan fingerprint density at radius 1 is 1.04 bits per heavy atom. The number of anilines is 1. The summed E-state index contributed by atoms with van der Waals surface area (Å²) in [5.74, 6) is 0.358. The number of piperazine rings is 1. The smallest absolute Gasteiger partial charge is 0.226 e. The van der Waals surface area contributed by atoms with Crippen molar-refractivity contribution in [2.24, 2.45) is 0 Å². The Labute approximate surface area is 170 Å². The molecule has 2 saturated heterocycles. The summed E-state index contributed by atoms with van der Waals surface area (Å²) >= 11 is 0. The standard InChI is InChI=1S/C24H35N3O/c1-20-8-5-6-12-23(20)26-16-14-25(15-17-26)22-11-7-13-27(19-22)24(28)18-21-9-3-2-4-10-21/h5-6,8-9,12,22H,2-4,7,10-11,13-19H2,1H3/t22-/m0/s1. The third kappa shape index (κ3) is 4.60. The normalized spacial score (nSPS) is 24.2. The number of allylic oxidation sites excluding steroid dienone is 1. The number of benzene rings is 1. The average Bonchev–Trinajstić information content (AvgIpc) is 2.75. The molecule has 0 saturated carbocycles. The third-order valence-corrected chi connectivity index (χ3v) is 6.80. The lowest BCUT2D eigenvalue weighted by Crippen LogP contribution is -2.56. The molecule has 1 atom stereocenters. The lowest BCUT2D eigenvalue weighted by Gasteiger charge is -2.44. The van der Waals surface area contributed by atoms with Crippen LogP contribution in [0.5, 0.6) is 0 Å². The van der Waals surface area contributed by atoms with Crippen molar-refractivity contribution in [2.45, 2.75) is 57.9 Å². The number of carbonyl (C=O) groups is 1. The van der Waals surface area contributed by atoms with E-state index in [1.165, 1.54) is 36.1 Å². The summed E-state index contributed by atoms with van der Waals surface area (Å²) in [6.45, 7) is 8.46. The van der Waals surface area contributed by atoms with Crippen molar-refractivity contribution >= 4 is 11.6 Å². The van der Waals surface area contributed by atoms with Crippen LogP contribution in [0.25, 0.3) is 0 Å². The van der Waals surface area contributed by atoms with Crippen LogP contribution in [-0.2, 0) is 4.79 Å². The Hall–Kier alpha value is -1.81. The molecule has 152 valence electrons. The zero-order valence-corrected chi connectivity index (χ0v) is 17.4. The molecule has 1 aromatic rings. The van der Waals surface area contributed by atoms with Crippen LogP contribution < -0.4 is 4.90 Å². The number of rotatable bonds is 4. The molecule has 2 fully saturated rings. The van der Waals surface area contributed by atoms with Crippen molar-refractivity contribution in [3.63, 3.8) is 0 Å². The molecule has 1 amide bonds. The van der Waals surface area contributed by atoms with E-state index in [1.807, 2.05) is 0 Å². The minimum Gasteiger partial charge on any atom is -0.369 e. The molecule has 0 radical (unpaired) electrons. The summed E-state index contributed by atoms with van der Waals surface area (Å²) in [5, 5.41) is 0. The average molecular weight is 382 g/mol. The van der Waals surface area contributed by atoms with E-state index in [0.717, 1.165) is 58.5 Å². The highest BCUT2D eigenvalue weighted by atomic mass is 16.2. The summed E-state index contributed by atoms with van der Waals surface area (Å²) in [6.07, 6.45) is 10.2. The highest BCUT2D eigenvalue weighted by Crippen LogP contribution is 2.25. The van der Waals surface area contributed by atoms with Gasteiger partial charge in [0.15, 0.2) is 0 Å². The fraction of sp³-hybridized carbons (Fsp3) is 0.625. The minimum atomic E-state index is 0.358. The largest absolute Gasteiger partial charge is 0.369 e. The highest BCUT2D eigenvalue weighted by molar-refractivity contribution is 5.79. The molecule has 0 spiro atoms. The fourth-order valence-electron chi connectivity index (χ4n) is 5.10. The molecule has 0 aromatic heterocycles. The zero-order chi connectivity index (χ0) is 19.3. The number of piperidine rings is 1. The summed E-state index contributed by atoms with van der Waals surface area (Å²) in [6, 6.07) is 9.24. The van der Waals surface area contributed by atoms with Gasteiger partial charge in [-0.2, -0.15) is 0 Å². The van der Waals surface area contributed by atoms with Gasteiger partial charge in [-0.25, -0.2) is 0 Å². The van der Waals surface area contributed by atoms with Crippen LogP contribution >= 0.6 is 0 Å². The van der Waals surface area contributed by atoms with E-state index in [2.05, 4.69) is 52.0 Å². The molecule has 1 aliphatic carbocycles. The lowest BCUT2D eigenvalue weighted by molar-refractivity contribution is -0.132. The van der Waals surface area contributed by atoms with Crippen molar-refractivity contribution in [1.82, 2.24) is 9.80 Å². The highest BCUT2D eigenvalue weighted by Gasteiger charge is 2.30. The first-order valence-electron chi connectivity index (χ1n) is 11.2. The Morgan fingerprint density at radius 3 is 2.61 bits per heavy atom. The SMILES string of the molecule is Cc1ccccc1N1CCN([C@H]2CCCN(C(=O)CC3=CCCCC3)C2)CC1. The van der Waals surface area contributed by atoms with Crippen LogP contribution in [-0.4, -0.2) is 61.0 Å². The van der Waals surface area contributed by atoms with E-state index in [4.69, 9.17) is 0 Å². The van der Waals surface area contributed by atoms with E-state index in [0.29, 0.717) is 18.4 Å². The van der Waals surface area contributed by atoms with Gasteiger partial charge in [-0.1, -0.05) is 29.8 Å². The summed E-state index contributed by atoms with van der Waals surface area (Å²) < 4.78 is 0. The van der Waals surface area contributed by atoms with Gasteiger partial charge in [0.2, 0.25) is 5.91 Å². The van der Waals surface area contributed by atoms with Gasteiger partial charge in [0.05, 0.1) is 0 Å². The van der Waals surface area contributed by atoms with Crippen LogP contribution in [0.1, 0.15) is 50.5 Å². The summed E-state index contributed by atoms with van der Waals surface area (Å²) in [4.78, 5) is 20.1. The maximum atomic E-state index is 12.8. The number of carbonyl (C=O) groups excluding carboxylic acids is 1. The topological polar surface area (TPSA) is 26.8 Å². The quantitative estimate of drug-likeness (QED) is 0.738. The molecular formula is C24H35N3O. The van der Waals surface area contributed by atoms with Crippen LogP contribution in [0.15, 0.2) is 35.9 Å². The summed E-state index contributed by atoms with van der Waals surface area (Å²) in [5.41, 5.74) is 4.12. The van der Waals surface area contributed by atoms with Crippen molar-refractivity contribution in [2.75, 3.05) is 44.2 Å². The van der Waals surface area contributed by atoms with Gasteiger partial charge < -0.3 is 9.80 Å². The first kappa shape index (κ1) is 19.5. The number of likely N-dealkylation sites (tertiary alicyclic amines) is 1. The van der Waals surface area contributed by atoms with E-state index >= 15 is 0 Å². The zero-order valence-electron chi connectivity index (χ0n) is 17.4. The van der Waals surface area contributed by atoms with Gasteiger partial charge in [0.1, 0.15) is 0 Å². The molecule has 28 heavy (non-hydrogen) atoms. The lowest BCUT2D eigenvalue weighted by atomic mass is 9.96. The van der Waals surface area contributed by atoms with Gasteiger partial charge in [0, 0.05) is 57.4 Å². The molecule has 2 heterocycles. The van der Waals surface area contributed by atoms with Crippen LogP contribution in [0.4, 0.5) is 5.69 Å². The molecule has 2 aliphatic heterocycles. The number of aryl methyl sites for hydroxylation is 1. The van der Waals surface area contributed by atoms with Crippen LogP contribution in [0, 0.1) is 6.92 Å². The molecular weight excluding hydrogens is 346 g/mol. The fourth-order valence-corrected chi connectivity index (χ4v) is 5.10. The predicted molar refractivity (Wildman–Crippen MR) is 116 cm³/mol. The molecule has 1 aromatic carbocycles. The summed E-state index contributed by atoms with van der Waals surface area (Å²) in [7, 11) is 0. The van der Waals surface area contributed by atoms with Gasteiger partial charge >= 0.3 is 0 Å². The van der Waals surface area contributed by atoms with Gasteiger partial charge in [0.25, 0.3) is 0 Å². The molecule has 3 aliphatic rings. The molecule has 0 bridgehead atoms. The molecule has 4 nitrogen and oxygen atoms in total. The van der Waals surface area contributed by atoms with Crippen molar-refractivity contribution in [3.05, 3.63) is 41.5 Å². The first-order chi connectivity index (χ1) is 13.7. The van der Waals surface area contributed by atoms with Gasteiger partial charge in [-0.3, -0.25) is 9.69 Å². The van der Waals surface area contributed by atoms with Gasteiger partial charge in [-0.15, -0.1) is 0 Å². The first-order valence-corrected chi connectivity index (χ1v) is 11.2. The second-order valence-corrected chi connectivity index (χ2v) is 8.73. The number of hydrogen-bond acceptors (Lipinski definition) is 3. The number of para-hydroxylation sites is 1. The van der Waals surface area contributed by atoms with Crippen molar-refractivity contribution < 1.29 is 4.79 Å². The number of amides is 1. The predicted octanol–water partition coefficient (Wildman–Crippen LogP) is 4.00. The Kier molecular flexibility index (Phi) is 6.36. The Balaban J connectivity index is 1.30. The molecule has 4 rings (SSSR count). The monoisotopic (exact) mass is 381 g/mol. The second kappa shape index (κ2) is 9.13. The van der Waals surface area contributed by atoms with E-state index < -0.39 is 0 Å². The molecule has 0 N–H and O–H groups in total. The van der Waals surface area contributed by atoms with E-state index in [-0.39, 0.29) is 0 Å². The molecule has 4 heteroatoms. The minimum absolute atomic E-state index is 0.358. The second-order valence-electron chi connectivity index (χ2n) is 8.73. The van der Waals surface area contributed by atoms with Crippen LogP contribution in [0.3, 0.4) is 0 Å². The van der Waals surface area contributed by atoms with Gasteiger partial charge in [-0.05, 0) is 57.1 Å². The Bertz CT molecular complexity index is 706.